The lowest BCUT2D eigenvalue weighted by atomic mass is 9.80. The van der Waals surface area contributed by atoms with Gasteiger partial charge in [-0.3, -0.25) is 0 Å². The minimum Gasteiger partial charge on any atom is -0.308 e. The Balaban J connectivity index is 1.30. The molecule has 0 bridgehead atoms. The molecular weight excluding hydrogens is 711 g/mol. The number of para-hydroxylation sites is 2. The summed E-state index contributed by atoms with van der Waals surface area (Å²) in [6.07, 6.45) is 0. The zero-order chi connectivity index (χ0) is 38.9. The third kappa shape index (κ3) is 5.12. The predicted molar refractivity (Wildman–Crippen MR) is 253 cm³/mol. The van der Waals surface area contributed by atoms with Crippen LogP contribution in [0.2, 0.25) is 0 Å². The summed E-state index contributed by atoms with van der Waals surface area (Å²) in [5.41, 5.74) is 13.5. The molecule has 0 aliphatic rings. The van der Waals surface area contributed by atoms with Crippen molar-refractivity contribution in [1.29, 1.82) is 0 Å². The van der Waals surface area contributed by atoms with E-state index in [0.29, 0.717) is 0 Å². The van der Waals surface area contributed by atoms with Gasteiger partial charge in [0.25, 0.3) is 0 Å². The monoisotopic (exact) mass is 747 g/mol. The van der Waals surface area contributed by atoms with E-state index in [4.69, 9.17) is 0 Å². The molecule has 11 aromatic carbocycles. The maximum atomic E-state index is 2.51. The number of rotatable bonds is 5. The first-order chi connectivity index (χ1) is 29.3. The lowest BCUT2D eigenvalue weighted by molar-refractivity contribution is 1.21. The van der Waals surface area contributed by atoms with Gasteiger partial charge in [-0.15, -0.1) is 0 Å². The smallest absolute Gasteiger partial charge is 0.0619 e. The molecule has 0 fully saturated rings. The summed E-state index contributed by atoms with van der Waals surface area (Å²) in [7, 11) is 0. The normalized spacial score (nSPS) is 11.7. The molecule has 0 unspecified atom stereocenters. The maximum absolute atomic E-state index is 2.51. The summed E-state index contributed by atoms with van der Waals surface area (Å²) in [6, 6.07) is 82.6. The van der Waals surface area contributed by atoms with Crippen LogP contribution < -0.4 is 0 Å². The Hall–Kier alpha value is -7.74. The molecule has 1 aromatic heterocycles. The van der Waals surface area contributed by atoms with Crippen molar-refractivity contribution in [2.24, 2.45) is 0 Å². The number of fused-ring (bicyclic) bond motifs is 7. The second kappa shape index (κ2) is 13.4. The molecule has 12 aromatic rings. The van der Waals surface area contributed by atoms with Gasteiger partial charge in [-0.2, -0.15) is 0 Å². The highest BCUT2D eigenvalue weighted by Gasteiger charge is 2.25. The van der Waals surface area contributed by atoms with E-state index in [1.165, 1.54) is 115 Å². The summed E-state index contributed by atoms with van der Waals surface area (Å²) in [5.74, 6) is 0. The molecule has 0 radical (unpaired) electrons. The fraction of sp³-hybridized carbons (Fsp3) is 0. The van der Waals surface area contributed by atoms with E-state index < -0.39 is 0 Å². The fourth-order valence-corrected chi connectivity index (χ4v) is 9.90. The Bertz CT molecular complexity index is 3470. The van der Waals surface area contributed by atoms with Gasteiger partial charge in [0, 0.05) is 21.5 Å². The van der Waals surface area contributed by atoms with Gasteiger partial charge in [0.15, 0.2) is 0 Å². The molecule has 0 aliphatic heterocycles. The quantitative estimate of drug-likeness (QED) is 0.155. The van der Waals surface area contributed by atoms with Gasteiger partial charge < -0.3 is 4.57 Å². The summed E-state index contributed by atoms with van der Waals surface area (Å²) in [6.45, 7) is 0. The summed E-state index contributed by atoms with van der Waals surface area (Å²) in [5, 5.41) is 12.4. The number of nitrogens with zero attached hydrogens (tertiary/aromatic N) is 1. The van der Waals surface area contributed by atoms with E-state index in [2.05, 4.69) is 229 Å². The van der Waals surface area contributed by atoms with Gasteiger partial charge in [-0.1, -0.05) is 200 Å². The highest BCUT2D eigenvalue weighted by atomic mass is 15.0. The highest BCUT2D eigenvalue weighted by molar-refractivity contribution is 6.30. The third-order valence-corrected chi connectivity index (χ3v) is 12.4. The molecule has 12 rings (SSSR count). The standard InChI is InChI=1S/C58H37N/c1-4-20-38(21-5-1)49-36-51-52(37-50(49)39-22-6-2-7-23-39)57(44-29-11-10-28-43(44)55(51)40-24-8-3-9-25-40)56-45-30-12-14-32-47(45)58(48-33-15-13-31-46(48)56)59-53-34-18-16-26-41(53)42-27-17-19-35-54(42)59/h1-37H. The molecule has 1 heterocycles. The van der Waals surface area contributed by atoms with Gasteiger partial charge in [0.05, 0.1) is 16.7 Å². The minimum absolute atomic E-state index is 1.20. The van der Waals surface area contributed by atoms with Gasteiger partial charge in [-0.05, 0) is 101 Å². The van der Waals surface area contributed by atoms with Crippen LogP contribution in [0.1, 0.15) is 0 Å². The third-order valence-electron chi connectivity index (χ3n) is 12.4. The second-order valence-electron chi connectivity index (χ2n) is 15.5. The molecular formula is C58H37N. The SMILES string of the molecule is c1ccc(-c2cc3c(-c4ccccc4)c4ccccc4c(-c4c5ccccc5c(-n5c6ccccc6c6ccccc65)c5ccccc45)c3cc2-c2ccccc2)cc1. The summed E-state index contributed by atoms with van der Waals surface area (Å²) in [4.78, 5) is 0. The van der Waals surface area contributed by atoms with Crippen LogP contribution in [0.3, 0.4) is 0 Å². The lowest BCUT2D eigenvalue weighted by Gasteiger charge is -2.24. The van der Waals surface area contributed by atoms with Crippen molar-refractivity contribution in [1.82, 2.24) is 4.57 Å². The Morgan fingerprint density at radius 3 is 0.983 bits per heavy atom. The molecule has 59 heavy (non-hydrogen) atoms. The fourth-order valence-electron chi connectivity index (χ4n) is 9.90. The number of benzene rings is 11. The van der Waals surface area contributed by atoms with Crippen LogP contribution in [0.15, 0.2) is 224 Å². The molecule has 274 valence electrons. The van der Waals surface area contributed by atoms with Gasteiger partial charge >= 0.3 is 0 Å². The Morgan fingerprint density at radius 2 is 0.525 bits per heavy atom. The maximum Gasteiger partial charge on any atom is 0.0619 e. The van der Waals surface area contributed by atoms with Crippen molar-refractivity contribution in [3.63, 3.8) is 0 Å². The molecule has 0 amide bonds. The molecule has 0 aliphatic carbocycles. The van der Waals surface area contributed by atoms with Crippen LogP contribution in [0.4, 0.5) is 0 Å². The molecule has 0 N–H and O–H groups in total. The predicted octanol–water partition coefficient (Wildman–Crippen LogP) is 16.1. The Kier molecular flexibility index (Phi) is 7.61. The van der Waals surface area contributed by atoms with Crippen LogP contribution in [0, 0.1) is 0 Å². The lowest BCUT2D eigenvalue weighted by Crippen LogP contribution is -2.00. The van der Waals surface area contributed by atoms with Crippen molar-refractivity contribution in [3.05, 3.63) is 224 Å². The van der Waals surface area contributed by atoms with E-state index in [9.17, 15) is 0 Å². The summed E-state index contributed by atoms with van der Waals surface area (Å²) < 4.78 is 2.51. The number of hydrogen-bond donors (Lipinski definition) is 0. The van der Waals surface area contributed by atoms with Gasteiger partial charge in [0.2, 0.25) is 0 Å². The van der Waals surface area contributed by atoms with Crippen molar-refractivity contribution in [2.45, 2.75) is 0 Å². The van der Waals surface area contributed by atoms with E-state index >= 15 is 0 Å². The van der Waals surface area contributed by atoms with Crippen LogP contribution in [0.5, 0.6) is 0 Å². The van der Waals surface area contributed by atoms with Crippen LogP contribution in [0.25, 0.3) is 115 Å². The van der Waals surface area contributed by atoms with E-state index in [-0.39, 0.29) is 0 Å². The van der Waals surface area contributed by atoms with E-state index in [0.717, 1.165) is 0 Å². The first kappa shape index (κ1) is 33.4. The topological polar surface area (TPSA) is 4.93 Å². The van der Waals surface area contributed by atoms with Crippen LogP contribution in [-0.4, -0.2) is 4.57 Å². The molecule has 0 saturated heterocycles. The molecule has 0 spiro atoms. The zero-order valence-electron chi connectivity index (χ0n) is 32.3. The van der Waals surface area contributed by atoms with E-state index in [1.807, 2.05) is 0 Å². The first-order valence-corrected chi connectivity index (χ1v) is 20.4. The van der Waals surface area contributed by atoms with Crippen LogP contribution >= 0.6 is 0 Å². The van der Waals surface area contributed by atoms with Crippen molar-refractivity contribution < 1.29 is 0 Å². The number of hydrogen-bond acceptors (Lipinski definition) is 0. The zero-order valence-corrected chi connectivity index (χ0v) is 32.3. The average molecular weight is 748 g/mol. The average Bonchev–Trinajstić information content (AvgIpc) is 3.64. The molecule has 0 saturated carbocycles. The highest BCUT2D eigenvalue weighted by Crippen LogP contribution is 2.51. The summed E-state index contributed by atoms with van der Waals surface area (Å²) >= 11 is 0. The van der Waals surface area contributed by atoms with Crippen molar-refractivity contribution in [3.8, 4) is 50.2 Å². The van der Waals surface area contributed by atoms with Gasteiger partial charge in [0.1, 0.15) is 0 Å². The van der Waals surface area contributed by atoms with Gasteiger partial charge in [-0.25, -0.2) is 0 Å². The molecule has 0 atom stereocenters. The number of aromatic nitrogens is 1. The largest absolute Gasteiger partial charge is 0.308 e. The minimum atomic E-state index is 1.20. The van der Waals surface area contributed by atoms with Crippen molar-refractivity contribution >= 4 is 64.9 Å². The van der Waals surface area contributed by atoms with Crippen LogP contribution in [-0.2, 0) is 0 Å². The first-order valence-electron chi connectivity index (χ1n) is 20.4. The second-order valence-corrected chi connectivity index (χ2v) is 15.5. The van der Waals surface area contributed by atoms with Crippen molar-refractivity contribution in [2.75, 3.05) is 0 Å². The Labute approximate surface area is 342 Å². The Morgan fingerprint density at radius 1 is 0.220 bits per heavy atom. The van der Waals surface area contributed by atoms with E-state index in [1.54, 1.807) is 0 Å². The molecule has 1 heteroatoms. The molecule has 1 nitrogen and oxygen atoms in total.